The Labute approximate surface area is 68.7 Å². The molecule has 0 radical (unpaired) electrons. The molecule has 0 aliphatic rings. The molecule has 0 bridgehead atoms. The molecule has 1 heterocycles. The molecule has 12 heavy (non-hydrogen) atoms. The topological polar surface area (TPSA) is 75.1 Å². The minimum atomic E-state index is -0.413. The van der Waals surface area contributed by atoms with Gasteiger partial charge in [-0.1, -0.05) is 0 Å². The van der Waals surface area contributed by atoms with Crippen molar-refractivity contribution in [3.63, 3.8) is 0 Å². The zero-order valence-corrected chi connectivity index (χ0v) is 6.88. The van der Waals surface area contributed by atoms with E-state index in [4.69, 9.17) is 0 Å². The first kappa shape index (κ1) is 8.58. The Hall–Kier alpha value is -1.52. The summed E-state index contributed by atoms with van der Waals surface area (Å²) in [5.41, 5.74) is -0.413. The molecule has 0 saturated heterocycles. The fourth-order valence-electron chi connectivity index (χ4n) is 0.728. The summed E-state index contributed by atoms with van der Waals surface area (Å²) in [6, 6.07) is 1.13. The van der Waals surface area contributed by atoms with Crippen molar-refractivity contribution < 1.29 is 9.32 Å². The molecule has 0 aliphatic carbocycles. The standard InChI is InChI=1S/C7H10N2O3/c1-4(2)8-7(11)5-3-6(10)9-12-5/h3-4H,1-2H3,(H,8,11)(H,9,10). The summed E-state index contributed by atoms with van der Waals surface area (Å²) in [7, 11) is 0. The normalized spacial score (nSPS) is 10.2. The molecule has 0 unspecified atom stereocenters. The van der Waals surface area contributed by atoms with Crippen LogP contribution < -0.4 is 10.9 Å². The maximum atomic E-state index is 11.1. The van der Waals surface area contributed by atoms with E-state index < -0.39 is 5.56 Å². The Morgan fingerprint density at radius 3 is 2.75 bits per heavy atom. The van der Waals surface area contributed by atoms with E-state index >= 15 is 0 Å². The van der Waals surface area contributed by atoms with E-state index in [0.717, 1.165) is 6.07 Å². The summed E-state index contributed by atoms with van der Waals surface area (Å²) in [6.07, 6.45) is 0. The SMILES string of the molecule is CC(C)NC(=O)c1cc(=O)[nH]o1. The zero-order chi connectivity index (χ0) is 9.14. The Morgan fingerprint density at radius 1 is 1.67 bits per heavy atom. The second-order valence-electron chi connectivity index (χ2n) is 2.71. The molecular formula is C7H10N2O3. The van der Waals surface area contributed by atoms with Crippen molar-refractivity contribution in [1.29, 1.82) is 0 Å². The minimum Gasteiger partial charge on any atom is -0.373 e. The summed E-state index contributed by atoms with van der Waals surface area (Å²) < 4.78 is 4.58. The highest BCUT2D eigenvalue weighted by molar-refractivity contribution is 5.91. The first-order chi connectivity index (χ1) is 5.59. The molecule has 5 nitrogen and oxygen atoms in total. The van der Waals surface area contributed by atoms with Crippen LogP contribution in [0, 0.1) is 0 Å². The van der Waals surface area contributed by atoms with Gasteiger partial charge in [-0.15, -0.1) is 0 Å². The van der Waals surface area contributed by atoms with Gasteiger partial charge in [0, 0.05) is 6.04 Å². The molecule has 5 heteroatoms. The Kier molecular flexibility index (Phi) is 2.32. The number of hydrogen-bond donors (Lipinski definition) is 2. The lowest BCUT2D eigenvalue weighted by Gasteiger charge is -2.04. The van der Waals surface area contributed by atoms with Gasteiger partial charge in [0.15, 0.2) is 0 Å². The monoisotopic (exact) mass is 170 g/mol. The molecule has 1 aromatic heterocycles. The first-order valence-electron chi connectivity index (χ1n) is 3.59. The number of nitrogens with one attached hydrogen (secondary N) is 2. The van der Waals surface area contributed by atoms with Crippen LogP contribution in [-0.4, -0.2) is 17.1 Å². The van der Waals surface area contributed by atoms with Gasteiger partial charge in [-0.25, -0.2) is 0 Å². The predicted octanol–water partition coefficient (Wildman–Crippen LogP) is 0.106. The van der Waals surface area contributed by atoms with Gasteiger partial charge in [-0.3, -0.25) is 9.59 Å². The number of hydrogen-bond acceptors (Lipinski definition) is 3. The number of carbonyl (C=O) groups is 1. The van der Waals surface area contributed by atoms with E-state index in [1.165, 1.54) is 0 Å². The third-order valence-electron chi connectivity index (χ3n) is 1.17. The van der Waals surface area contributed by atoms with Crippen molar-refractivity contribution in [2.24, 2.45) is 0 Å². The summed E-state index contributed by atoms with van der Waals surface area (Å²) >= 11 is 0. The Bertz CT molecular complexity index is 323. The van der Waals surface area contributed by atoms with Gasteiger partial charge in [0.2, 0.25) is 5.76 Å². The fraction of sp³-hybridized carbons (Fsp3) is 0.429. The Balaban J connectivity index is 2.72. The summed E-state index contributed by atoms with van der Waals surface area (Å²) in [5.74, 6) is -0.378. The molecule has 2 N–H and O–H groups in total. The van der Waals surface area contributed by atoms with Crippen LogP contribution in [-0.2, 0) is 0 Å². The van der Waals surface area contributed by atoms with Gasteiger partial charge in [-0.2, -0.15) is 5.16 Å². The van der Waals surface area contributed by atoms with Crippen molar-refractivity contribution in [3.8, 4) is 0 Å². The van der Waals surface area contributed by atoms with E-state index in [2.05, 4.69) is 9.84 Å². The average molecular weight is 170 g/mol. The molecule has 1 aromatic rings. The van der Waals surface area contributed by atoms with Crippen LogP contribution in [0.4, 0.5) is 0 Å². The molecule has 0 aliphatic heterocycles. The van der Waals surface area contributed by atoms with Gasteiger partial charge in [0.25, 0.3) is 11.5 Å². The van der Waals surface area contributed by atoms with E-state index in [1.807, 2.05) is 19.0 Å². The molecule has 1 amide bonds. The number of amides is 1. The lowest BCUT2D eigenvalue weighted by molar-refractivity contribution is 0.0906. The minimum absolute atomic E-state index is 0.00806. The van der Waals surface area contributed by atoms with E-state index in [9.17, 15) is 9.59 Å². The van der Waals surface area contributed by atoms with E-state index in [0.29, 0.717) is 0 Å². The van der Waals surface area contributed by atoms with Crippen molar-refractivity contribution in [2.45, 2.75) is 19.9 Å². The molecule has 0 spiro atoms. The third-order valence-corrected chi connectivity index (χ3v) is 1.17. The highest BCUT2D eigenvalue weighted by atomic mass is 16.5. The molecule has 0 saturated carbocycles. The molecule has 0 atom stereocenters. The highest BCUT2D eigenvalue weighted by Gasteiger charge is 2.10. The van der Waals surface area contributed by atoms with Crippen LogP contribution in [0.2, 0.25) is 0 Å². The fourth-order valence-corrected chi connectivity index (χ4v) is 0.728. The second kappa shape index (κ2) is 3.25. The van der Waals surface area contributed by atoms with Gasteiger partial charge < -0.3 is 9.84 Å². The van der Waals surface area contributed by atoms with Gasteiger partial charge in [-0.05, 0) is 13.8 Å². The second-order valence-corrected chi connectivity index (χ2v) is 2.71. The van der Waals surface area contributed by atoms with Crippen molar-refractivity contribution in [1.82, 2.24) is 10.5 Å². The van der Waals surface area contributed by atoms with Gasteiger partial charge in [0.05, 0.1) is 6.07 Å². The van der Waals surface area contributed by atoms with Crippen LogP contribution in [0.5, 0.6) is 0 Å². The lowest BCUT2D eigenvalue weighted by Crippen LogP contribution is -2.29. The average Bonchev–Trinajstić information content (AvgIpc) is 2.34. The van der Waals surface area contributed by atoms with Crippen LogP contribution in [0.3, 0.4) is 0 Å². The maximum absolute atomic E-state index is 11.1. The van der Waals surface area contributed by atoms with Gasteiger partial charge >= 0.3 is 0 Å². The first-order valence-corrected chi connectivity index (χ1v) is 3.59. The van der Waals surface area contributed by atoms with Crippen LogP contribution in [0.1, 0.15) is 24.4 Å². The predicted molar refractivity (Wildman–Crippen MR) is 41.9 cm³/mol. The third kappa shape index (κ3) is 1.98. The van der Waals surface area contributed by atoms with Crippen molar-refractivity contribution in [2.75, 3.05) is 0 Å². The molecule has 66 valence electrons. The number of aromatic nitrogens is 1. The molecule has 1 rings (SSSR count). The Morgan fingerprint density at radius 2 is 2.33 bits per heavy atom. The van der Waals surface area contributed by atoms with Crippen LogP contribution >= 0.6 is 0 Å². The summed E-state index contributed by atoms with van der Waals surface area (Å²) in [4.78, 5) is 21.7. The van der Waals surface area contributed by atoms with Gasteiger partial charge in [0.1, 0.15) is 0 Å². The quantitative estimate of drug-likeness (QED) is 0.661. The number of rotatable bonds is 2. The van der Waals surface area contributed by atoms with Crippen LogP contribution in [0.15, 0.2) is 15.4 Å². The molecular weight excluding hydrogens is 160 g/mol. The molecule has 0 aromatic carbocycles. The largest absolute Gasteiger partial charge is 0.373 e. The summed E-state index contributed by atoms with van der Waals surface area (Å²) in [5, 5.41) is 4.61. The number of carbonyl (C=O) groups excluding carboxylic acids is 1. The number of H-pyrrole nitrogens is 1. The lowest BCUT2D eigenvalue weighted by atomic mass is 10.3. The van der Waals surface area contributed by atoms with E-state index in [-0.39, 0.29) is 17.7 Å². The summed E-state index contributed by atoms with van der Waals surface area (Å²) in [6.45, 7) is 3.64. The zero-order valence-electron chi connectivity index (χ0n) is 6.88. The maximum Gasteiger partial charge on any atom is 0.290 e. The smallest absolute Gasteiger partial charge is 0.290 e. The van der Waals surface area contributed by atoms with Crippen LogP contribution in [0.25, 0.3) is 0 Å². The molecule has 0 fully saturated rings. The van der Waals surface area contributed by atoms with Crippen molar-refractivity contribution in [3.05, 3.63) is 22.2 Å². The highest BCUT2D eigenvalue weighted by Crippen LogP contribution is 1.92. The van der Waals surface area contributed by atoms with E-state index in [1.54, 1.807) is 0 Å². The number of aromatic amines is 1. The van der Waals surface area contributed by atoms with Crippen molar-refractivity contribution >= 4 is 5.91 Å².